The molecular formula is C15H19FO4. The van der Waals surface area contributed by atoms with E-state index in [1.54, 1.807) is 13.2 Å². The molecule has 5 heteroatoms. The van der Waals surface area contributed by atoms with Gasteiger partial charge < -0.3 is 14.6 Å². The molecule has 1 aliphatic rings. The molecule has 0 spiro atoms. The van der Waals surface area contributed by atoms with Crippen LogP contribution in [-0.4, -0.2) is 30.4 Å². The summed E-state index contributed by atoms with van der Waals surface area (Å²) in [5.41, 5.74) is 0.331. The van der Waals surface area contributed by atoms with Gasteiger partial charge in [-0.15, -0.1) is 0 Å². The zero-order valence-corrected chi connectivity index (χ0v) is 11.5. The zero-order chi connectivity index (χ0) is 14.5. The van der Waals surface area contributed by atoms with E-state index in [0.29, 0.717) is 5.56 Å². The van der Waals surface area contributed by atoms with Gasteiger partial charge in [0.15, 0.2) is 0 Å². The van der Waals surface area contributed by atoms with E-state index in [2.05, 4.69) is 0 Å². The summed E-state index contributed by atoms with van der Waals surface area (Å²) in [5.74, 6) is -1.98. The van der Waals surface area contributed by atoms with Crippen LogP contribution in [0.4, 0.5) is 4.39 Å². The predicted molar refractivity (Wildman–Crippen MR) is 71.2 cm³/mol. The number of ether oxygens (including phenoxy) is 2. The molecule has 110 valence electrons. The van der Waals surface area contributed by atoms with Gasteiger partial charge in [0.2, 0.25) is 0 Å². The molecule has 2 atom stereocenters. The van der Waals surface area contributed by atoms with Gasteiger partial charge in [0.05, 0.1) is 24.4 Å². The van der Waals surface area contributed by atoms with Crippen LogP contribution in [-0.2, 0) is 16.1 Å². The Bertz CT molecular complexity index is 475. The Kier molecular flexibility index (Phi) is 5.09. The van der Waals surface area contributed by atoms with E-state index >= 15 is 0 Å². The minimum absolute atomic E-state index is 0.121. The van der Waals surface area contributed by atoms with E-state index in [0.717, 1.165) is 25.7 Å². The van der Waals surface area contributed by atoms with E-state index in [9.17, 15) is 9.18 Å². The Balaban J connectivity index is 1.91. The number of hydrogen-bond donors (Lipinski definition) is 1. The average Bonchev–Trinajstić information content (AvgIpc) is 2.45. The molecule has 0 radical (unpaired) electrons. The van der Waals surface area contributed by atoms with Crippen molar-refractivity contribution in [2.24, 2.45) is 0 Å². The number of halogens is 1. The van der Waals surface area contributed by atoms with Gasteiger partial charge >= 0.3 is 5.97 Å². The number of carbonyl (C=O) groups is 1. The molecule has 1 aliphatic carbocycles. The summed E-state index contributed by atoms with van der Waals surface area (Å²) in [6, 6.07) is 4.08. The fourth-order valence-electron chi connectivity index (χ4n) is 2.50. The van der Waals surface area contributed by atoms with E-state index in [-0.39, 0.29) is 24.4 Å². The molecule has 0 bridgehead atoms. The lowest BCUT2D eigenvalue weighted by Crippen LogP contribution is -2.27. The first-order valence-electron chi connectivity index (χ1n) is 6.76. The summed E-state index contributed by atoms with van der Waals surface area (Å²) in [7, 11) is 1.70. The normalized spacial score (nSPS) is 22.7. The number of benzene rings is 1. The summed E-state index contributed by atoms with van der Waals surface area (Å²) in [5, 5.41) is 8.76. The first-order chi connectivity index (χ1) is 9.60. The lowest BCUT2D eigenvalue weighted by molar-refractivity contribution is -0.0364. The maximum Gasteiger partial charge on any atom is 0.338 e. The minimum Gasteiger partial charge on any atom is -0.478 e. The third-order valence-electron chi connectivity index (χ3n) is 3.66. The molecule has 1 saturated carbocycles. The van der Waals surface area contributed by atoms with Gasteiger partial charge in [0.25, 0.3) is 0 Å². The molecular weight excluding hydrogens is 263 g/mol. The molecule has 0 heterocycles. The predicted octanol–water partition coefficient (Wildman–Crippen LogP) is 3.00. The summed E-state index contributed by atoms with van der Waals surface area (Å²) >= 11 is 0. The lowest BCUT2D eigenvalue weighted by atomic mass is 9.95. The topological polar surface area (TPSA) is 55.8 Å². The van der Waals surface area contributed by atoms with Crippen LogP contribution >= 0.6 is 0 Å². The first-order valence-corrected chi connectivity index (χ1v) is 6.76. The molecule has 0 aliphatic heterocycles. The monoisotopic (exact) mass is 282 g/mol. The molecule has 1 aromatic rings. The number of aromatic carboxylic acids is 1. The molecule has 0 aromatic heterocycles. The Morgan fingerprint density at radius 3 is 2.80 bits per heavy atom. The zero-order valence-electron chi connectivity index (χ0n) is 11.5. The summed E-state index contributed by atoms with van der Waals surface area (Å²) < 4.78 is 24.6. The van der Waals surface area contributed by atoms with Crippen molar-refractivity contribution in [2.45, 2.75) is 44.5 Å². The van der Waals surface area contributed by atoms with Crippen molar-refractivity contribution < 1.29 is 23.8 Å². The highest BCUT2D eigenvalue weighted by Gasteiger charge is 2.22. The third kappa shape index (κ3) is 3.77. The van der Waals surface area contributed by atoms with E-state index in [1.165, 1.54) is 12.1 Å². The van der Waals surface area contributed by atoms with Gasteiger partial charge in [-0.25, -0.2) is 9.18 Å². The van der Waals surface area contributed by atoms with Crippen molar-refractivity contribution in [3.05, 3.63) is 35.1 Å². The number of rotatable bonds is 5. The van der Waals surface area contributed by atoms with Crippen molar-refractivity contribution in [1.29, 1.82) is 0 Å². The Morgan fingerprint density at radius 2 is 2.15 bits per heavy atom. The van der Waals surface area contributed by atoms with Gasteiger partial charge in [-0.05, 0) is 43.4 Å². The second-order valence-corrected chi connectivity index (χ2v) is 5.08. The third-order valence-corrected chi connectivity index (χ3v) is 3.66. The minimum atomic E-state index is -1.26. The summed E-state index contributed by atoms with van der Waals surface area (Å²) in [6.45, 7) is 0.290. The van der Waals surface area contributed by atoms with Crippen LogP contribution < -0.4 is 0 Å². The van der Waals surface area contributed by atoms with Gasteiger partial charge in [-0.1, -0.05) is 6.07 Å². The Hall–Kier alpha value is -1.46. The van der Waals surface area contributed by atoms with Crippen LogP contribution in [0.2, 0.25) is 0 Å². The highest BCUT2D eigenvalue weighted by molar-refractivity contribution is 5.87. The molecule has 4 nitrogen and oxygen atoms in total. The van der Waals surface area contributed by atoms with Gasteiger partial charge in [-0.2, -0.15) is 0 Å². The summed E-state index contributed by atoms with van der Waals surface area (Å²) in [6.07, 6.45) is 4.31. The van der Waals surface area contributed by atoms with Crippen molar-refractivity contribution in [3.8, 4) is 0 Å². The maximum atomic E-state index is 13.5. The number of hydrogen-bond acceptors (Lipinski definition) is 3. The molecule has 1 N–H and O–H groups in total. The standard InChI is InChI=1S/C15H19FO4/c1-19-11-3-2-4-12(8-11)20-9-10-5-6-13(15(17)18)14(16)7-10/h5-7,11-12H,2-4,8-9H2,1H3,(H,17,18). The van der Waals surface area contributed by atoms with Crippen LogP contribution in [0.5, 0.6) is 0 Å². The van der Waals surface area contributed by atoms with Crippen LogP contribution in [0, 0.1) is 5.82 Å². The second kappa shape index (κ2) is 6.81. The number of methoxy groups -OCH3 is 1. The highest BCUT2D eigenvalue weighted by Crippen LogP contribution is 2.24. The average molecular weight is 282 g/mol. The van der Waals surface area contributed by atoms with Crippen LogP contribution in [0.25, 0.3) is 0 Å². The fraction of sp³-hybridized carbons (Fsp3) is 0.533. The Morgan fingerprint density at radius 1 is 1.40 bits per heavy atom. The highest BCUT2D eigenvalue weighted by atomic mass is 19.1. The number of carboxylic acid groups (broad SMARTS) is 1. The van der Waals surface area contributed by atoms with Crippen molar-refractivity contribution in [2.75, 3.05) is 7.11 Å². The molecule has 2 rings (SSSR count). The smallest absolute Gasteiger partial charge is 0.338 e. The quantitative estimate of drug-likeness (QED) is 0.902. The molecule has 0 saturated heterocycles. The Labute approximate surface area is 117 Å². The van der Waals surface area contributed by atoms with E-state index in [1.807, 2.05) is 0 Å². The SMILES string of the molecule is COC1CCCC(OCc2ccc(C(=O)O)c(F)c2)C1. The van der Waals surface area contributed by atoms with Crippen molar-refractivity contribution >= 4 is 5.97 Å². The largest absolute Gasteiger partial charge is 0.478 e. The molecule has 2 unspecified atom stereocenters. The van der Waals surface area contributed by atoms with Gasteiger partial charge in [-0.3, -0.25) is 0 Å². The molecule has 20 heavy (non-hydrogen) atoms. The lowest BCUT2D eigenvalue weighted by Gasteiger charge is -2.28. The van der Waals surface area contributed by atoms with Crippen LogP contribution in [0.1, 0.15) is 41.6 Å². The maximum absolute atomic E-state index is 13.5. The molecule has 1 fully saturated rings. The second-order valence-electron chi connectivity index (χ2n) is 5.08. The fourth-order valence-corrected chi connectivity index (χ4v) is 2.50. The van der Waals surface area contributed by atoms with Gasteiger partial charge in [0, 0.05) is 7.11 Å². The van der Waals surface area contributed by atoms with E-state index < -0.39 is 11.8 Å². The molecule has 1 aromatic carbocycles. The van der Waals surface area contributed by atoms with Crippen LogP contribution in [0.3, 0.4) is 0 Å². The van der Waals surface area contributed by atoms with Crippen molar-refractivity contribution in [1.82, 2.24) is 0 Å². The van der Waals surface area contributed by atoms with E-state index in [4.69, 9.17) is 14.6 Å². The number of carboxylic acids is 1. The summed E-state index contributed by atoms with van der Waals surface area (Å²) in [4.78, 5) is 10.7. The van der Waals surface area contributed by atoms with Crippen LogP contribution in [0.15, 0.2) is 18.2 Å². The first kappa shape index (κ1) is 14.9. The van der Waals surface area contributed by atoms with Crippen molar-refractivity contribution in [3.63, 3.8) is 0 Å². The molecule has 0 amide bonds. The van der Waals surface area contributed by atoms with Gasteiger partial charge in [0.1, 0.15) is 5.82 Å².